The van der Waals surface area contributed by atoms with Gasteiger partial charge in [0.25, 0.3) is 0 Å². The zero-order valence-corrected chi connectivity index (χ0v) is 8.81. The second kappa shape index (κ2) is 3.52. The van der Waals surface area contributed by atoms with Crippen LogP contribution in [0.15, 0.2) is 51.7 Å². The molecule has 0 aliphatic heterocycles. The summed E-state index contributed by atoms with van der Waals surface area (Å²) in [5.41, 5.74) is 0.666. The van der Waals surface area contributed by atoms with Crippen LogP contribution in [0.1, 0.15) is 0 Å². The quantitative estimate of drug-likeness (QED) is 0.671. The number of benzene rings is 2. The van der Waals surface area contributed by atoms with E-state index in [1.165, 1.54) is 0 Å². The zero-order valence-electron chi connectivity index (χ0n) is 8.81. The molecule has 0 saturated carbocycles. The fourth-order valence-corrected chi connectivity index (χ4v) is 1.85. The van der Waals surface area contributed by atoms with Crippen LogP contribution in [0.4, 0.5) is 0 Å². The topological polar surface area (TPSA) is 66.2 Å². The van der Waals surface area contributed by atoms with Gasteiger partial charge >= 0.3 is 5.76 Å². The van der Waals surface area contributed by atoms with Gasteiger partial charge in [0.15, 0.2) is 5.76 Å². The molecule has 1 heterocycles. The summed E-state index contributed by atoms with van der Waals surface area (Å²) in [5, 5.41) is 11.6. The van der Waals surface area contributed by atoms with Crippen LogP contribution in [0.2, 0.25) is 0 Å². The van der Waals surface area contributed by atoms with Crippen molar-refractivity contribution in [3.8, 4) is 17.2 Å². The van der Waals surface area contributed by atoms with E-state index in [2.05, 4.69) is 4.98 Å². The maximum absolute atomic E-state index is 11.0. The SMILES string of the molecule is O=c1[nH]c(O)c(-c2ccc3ccccc3c2)o1. The van der Waals surface area contributed by atoms with Gasteiger partial charge in [-0.25, -0.2) is 4.79 Å². The van der Waals surface area contributed by atoms with Crippen LogP contribution in [0.25, 0.3) is 22.1 Å². The minimum Gasteiger partial charge on any atom is -0.492 e. The maximum Gasteiger partial charge on any atom is 0.419 e. The third kappa shape index (κ3) is 1.59. The first-order valence-corrected chi connectivity index (χ1v) is 5.15. The molecule has 0 fully saturated rings. The largest absolute Gasteiger partial charge is 0.492 e. The summed E-state index contributed by atoms with van der Waals surface area (Å²) < 4.78 is 4.89. The molecular formula is C13H9NO3. The van der Waals surface area contributed by atoms with Gasteiger partial charge in [0, 0.05) is 5.56 Å². The first-order chi connectivity index (χ1) is 8.24. The summed E-state index contributed by atoms with van der Waals surface area (Å²) in [4.78, 5) is 13.2. The van der Waals surface area contributed by atoms with E-state index >= 15 is 0 Å². The zero-order chi connectivity index (χ0) is 11.8. The fraction of sp³-hybridized carbons (Fsp3) is 0. The molecule has 0 spiro atoms. The Morgan fingerprint density at radius 2 is 1.82 bits per heavy atom. The number of hydrogen-bond acceptors (Lipinski definition) is 3. The number of H-pyrrole nitrogens is 1. The van der Waals surface area contributed by atoms with E-state index in [0.29, 0.717) is 5.56 Å². The van der Waals surface area contributed by atoms with Crippen molar-refractivity contribution in [1.82, 2.24) is 4.98 Å². The fourth-order valence-electron chi connectivity index (χ4n) is 1.85. The van der Waals surface area contributed by atoms with Crippen LogP contribution in [0.3, 0.4) is 0 Å². The second-order valence-corrected chi connectivity index (χ2v) is 3.75. The highest BCUT2D eigenvalue weighted by Gasteiger charge is 2.11. The molecule has 84 valence electrons. The van der Waals surface area contributed by atoms with Gasteiger partial charge in [0.1, 0.15) is 0 Å². The van der Waals surface area contributed by atoms with E-state index < -0.39 is 5.76 Å². The first-order valence-electron chi connectivity index (χ1n) is 5.15. The van der Waals surface area contributed by atoms with E-state index in [1.54, 1.807) is 6.07 Å². The van der Waals surface area contributed by atoms with Crippen molar-refractivity contribution in [2.45, 2.75) is 0 Å². The molecule has 3 aromatic rings. The highest BCUT2D eigenvalue weighted by molar-refractivity contribution is 5.86. The van der Waals surface area contributed by atoms with E-state index in [0.717, 1.165) is 10.8 Å². The van der Waals surface area contributed by atoms with Crippen LogP contribution >= 0.6 is 0 Å². The van der Waals surface area contributed by atoms with E-state index in [1.807, 2.05) is 36.4 Å². The Morgan fingerprint density at radius 1 is 1.06 bits per heavy atom. The highest BCUT2D eigenvalue weighted by atomic mass is 16.4. The summed E-state index contributed by atoms with van der Waals surface area (Å²) in [7, 11) is 0. The number of aromatic amines is 1. The Kier molecular flexibility index (Phi) is 2.01. The monoisotopic (exact) mass is 227 g/mol. The first kappa shape index (κ1) is 9.72. The lowest BCUT2D eigenvalue weighted by Gasteiger charge is -2.00. The van der Waals surface area contributed by atoms with Gasteiger partial charge in [-0.2, -0.15) is 0 Å². The predicted molar refractivity (Wildman–Crippen MR) is 63.9 cm³/mol. The Balaban J connectivity index is 2.24. The number of hydrogen-bond donors (Lipinski definition) is 2. The van der Waals surface area contributed by atoms with Gasteiger partial charge in [-0.1, -0.05) is 36.4 Å². The van der Waals surface area contributed by atoms with Crippen molar-refractivity contribution in [2.75, 3.05) is 0 Å². The van der Waals surface area contributed by atoms with Crippen LogP contribution in [-0.4, -0.2) is 10.1 Å². The minimum absolute atomic E-state index is 0.167. The van der Waals surface area contributed by atoms with Gasteiger partial charge in [0.2, 0.25) is 5.88 Å². The van der Waals surface area contributed by atoms with E-state index in [9.17, 15) is 9.90 Å². The van der Waals surface area contributed by atoms with Gasteiger partial charge in [-0.3, -0.25) is 4.98 Å². The van der Waals surface area contributed by atoms with Gasteiger partial charge in [-0.15, -0.1) is 0 Å². The van der Waals surface area contributed by atoms with Crippen LogP contribution in [0, 0.1) is 0 Å². The van der Waals surface area contributed by atoms with Gasteiger partial charge < -0.3 is 9.52 Å². The number of rotatable bonds is 1. The van der Waals surface area contributed by atoms with Crippen LogP contribution in [0.5, 0.6) is 5.88 Å². The number of fused-ring (bicyclic) bond motifs is 1. The van der Waals surface area contributed by atoms with Crippen molar-refractivity contribution >= 4 is 10.8 Å². The second-order valence-electron chi connectivity index (χ2n) is 3.75. The lowest BCUT2D eigenvalue weighted by molar-refractivity contribution is 0.452. The molecule has 0 amide bonds. The van der Waals surface area contributed by atoms with Gasteiger partial charge in [-0.05, 0) is 16.8 Å². The summed E-state index contributed by atoms with van der Waals surface area (Å²) in [6.07, 6.45) is 0. The molecule has 0 bridgehead atoms. The smallest absolute Gasteiger partial charge is 0.419 e. The van der Waals surface area contributed by atoms with E-state index in [-0.39, 0.29) is 11.6 Å². The molecule has 17 heavy (non-hydrogen) atoms. The molecule has 2 N–H and O–H groups in total. The Morgan fingerprint density at radius 3 is 2.53 bits per heavy atom. The lowest BCUT2D eigenvalue weighted by atomic mass is 10.1. The summed E-state index contributed by atoms with van der Waals surface area (Å²) >= 11 is 0. The Bertz CT molecular complexity index is 740. The molecule has 1 aromatic heterocycles. The Hall–Kier alpha value is -2.49. The van der Waals surface area contributed by atoms with Crippen molar-refractivity contribution in [1.29, 1.82) is 0 Å². The summed E-state index contributed by atoms with van der Waals surface area (Å²) in [6, 6.07) is 13.4. The average molecular weight is 227 g/mol. The van der Waals surface area contributed by atoms with E-state index in [4.69, 9.17) is 4.42 Å². The molecular weight excluding hydrogens is 218 g/mol. The predicted octanol–water partition coefficient (Wildman–Crippen LogP) is 2.49. The molecule has 0 aliphatic carbocycles. The molecule has 0 atom stereocenters. The number of aromatic hydroxyl groups is 1. The van der Waals surface area contributed by atoms with Crippen molar-refractivity contribution in [3.05, 3.63) is 53.0 Å². The molecule has 0 saturated heterocycles. The van der Waals surface area contributed by atoms with Crippen molar-refractivity contribution in [3.63, 3.8) is 0 Å². The molecule has 0 radical (unpaired) electrons. The molecule has 4 heteroatoms. The van der Waals surface area contributed by atoms with Gasteiger partial charge in [0.05, 0.1) is 0 Å². The number of oxazole rings is 1. The molecule has 4 nitrogen and oxygen atoms in total. The lowest BCUT2D eigenvalue weighted by Crippen LogP contribution is -1.92. The van der Waals surface area contributed by atoms with Crippen LogP contribution in [-0.2, 0) is 0 Å². The summed E-state index contributed by atoms with van der Waals surface area (Å²) in [6.45, 7) is 0. The van der Waals surface area contributed by atoms with Crippen LogP contribution < -0.4 is 5.76 Å². The maximum atomic E-state index is 11.0. The normalized spacial score (nSPS) is 10.8. The third-order valence-electron chi connectivity index (χ3n) is 2.64. The average Bonchev–Trinajstić information content (AvgIpc) is 2.68. The molecule has 2 aromatic carbocycles. The summed E-state index contributed by atoms with van der Waals surface area (Å²) in [5.74, 6) is -0.739. The highest BCUT2D eigenvalue weighted by Crippen LogP contribution is 2.28. The third-order valence-corrected chi connectivity index (χ3v) is 2.64. The number of nitrogens with one attached hydrogen (secondary N) is 1. The minimum atomic E-state index is -0.661. The van der Waals surface area contributed by atoms with Crippen molar-refractivity contribution < 1.29 is 9.52 Å². The molecule has 3 rings (SSSR count). The van der Waals surface area contributed by atoms with Crippen molar-refractivity contribution in [2.24, 2.45) is 0 Å². The number of aromatic nitrogens is 1. The standard InChI is InChI=1S/C13H9NO3/c15-12-11(17-13(16)14-12)10-6-5-8-3-1-2-4-9(8)7-10/h1-7,15H,(H,14,16). The molecule has 0 aliphatic rings. The Labute approximate surface area is 96.1 Å². The molecule has 0 unspecified atom stereocenters.